The maximum atomic E-state index is 11.4. The Morgan fingerprint density at radius 3 is 1.82 bits per heavy atom. The zero-order valence-corrected chi connectivity index (χ0v) is 13.5. The van der Waals surface area contributed by atoms with Crippen molar-refractivity contribution < 1.29 is 8.42 Å². The molecule has 0 atom stereocenters. The smallest absolute Gasteiger partial charge is 0.147 e. The first-order chi connectivity index (χ1) is 10.5. The molecule has 1 aliphatic rings. The van der Waals surface area contributed by atoms with Crippen LogP contribution in [0.2, 0.25) is 0 Å². The Morgan fingerprint density at radius 1 is 0.955 bits per heavy atom. The van der Waals surface area contributed by atoms with Crippen LogP contribution >= 0.6 is 0 Å². The quantitative estimate of drug-likeness (QED) is 0.851. The van der Waals surface area contributed by atoms with Gasteiger partial charge in [-0.25, -0.2) is 8.42 Å². The molecule has 1 fully saturated rings. The lowest BCUT2D eigenvalue weighted by Gasteiger charge is -2.44. The van der Waals surface area contributed by atoms with Crippen LogP contribution in [0.25, 0.3) is 0 Å². The molecule has 0 unspecified atom stereocenters. The lowest BCUT2D eigenvalue weighted by atomic mass is 9.91. The Balaban J connectivity index is 1.80. The highest BCUT2D eigenvalue weighted by Gasteiger charge is 2.35. The van der Waals surface area contributed by atoms with Crippen LogP contribution in [0.4, 0.5) is 0 Å². The lowest BCUT2D eigenvalue weighted by molar-refractivity contribution is 0.0813. The summed E-state index contributed by atoms with van der Waals surface area (Å²) >= 11 is 0. The predicted molar refractivity (Wildman–Crippen MR) is 89.5 cm³/mol. The third-order valence-electron chi connectivity index (χ3n) is 4.12. The van der Waals surface area contributed by atoms with E-state index < -0.39 is 9.84 Å². The van der Waals surface area contributed by atoms with Gasteiger partial charge < -0.3 is 0 Å². The molecule has 2 aromatic rings. The van der Waals surface area contributed by atoms with Crippen molar-refractivity contribution in [1.29, 1.82) is 0 Å². The number of sulfone groups is 1. The van der Waals surface area contributed by atoms with E-state index >= 15 is 0 Å². The highest BCUT2D eigenvalue weighted by atomic mass is 32.2. The minimum Gasteiger partial charge on any atom is -0.292 e. The minimum absolute atomic E-state index is 0.207. The molecule has 4 heteroatoms. The van der Waals surface area contributed by atoms with Crippen LogP contribution in [0.3, 0.4) is 0 Å². The van der Waals surface area contributed by atoms with E-state index in [2.05, 4.69) is 53.4 Å². The van der Waals surface area contributed by atoms with Gasteiger partial charge in [-0.2, -0.15) is 0 Å². The van der Waals surface area contributed by atoms with Crippen LogP contribution in [0.1, 0.15) is 17.2 Å². The molecular weight excluding hydrogens is 294 g/mol. The van der Waals surface area contributed by atoms with Crippen LogP contribution in [0.15, 0.2) is 60.7 Å². The average Bonchev–Trinajstić information content (AvgIpc) is 2.46. The SMILES string of the molecule is CS(=O)(=O)CC1CN(C(c2ccccc2)c2ccccc2)C1. The Hall–Kier alpha value is -1.65. The van der Waals surface area contributed by atoms with Crippen molar-refractivity contribution in [3.8, 4) is 0 Å². The maximum Gasteiger partial charge on any atom is 0.147 e. The summed E-state index contributed by atoms with van der Waals surface area (Å²) < 4.78 is 22.9. The van der Waals surface area contributed by atoms with Crippen molar-refractivity contribution in [3.63, 3.8) is 0 Å². The van der Waals surface area contributed by atoms with Gasteiger partial charge in [-0.3, -0.25) is 4.90 Å². The highest BCUT2D eigenvalue weighted by Crippen LogP contribution is 2.34. The molecule has 0 aromatic heterocycles. The second kappa shape index (κ2) is 6.23. The zero-order chi connectivity index (χ0) is 15.6. The van der Waals surface area contributed by atoms with E-state index in [4.69, 9.17) is 0 Å². The van der Waals surface area contributed by atoms with E-state index in [1.165, 1.54) is 17.4 Å². The molecule has 0 N–H and O–H groups in total. The van der Waals surface area contributed by atoms with Crippen molar-refractivity contribution in [1.82, 2.24) is 4.90 Å². The van der Waals surface area contributed by atoms with Crippen molar-refractivity contribution >= 4 is 9.84 Å². The van der Waals surface area contributed by atoms with Crippen LogP contribution in [0, 0.1) is 5.92 Å². The van der Waals surface area contributed by atoms with E-state index in [1.807, 2.05) is 12.1 Å². The van der Waals surface area contributed by atoms with Gasteiger partial charge in [0.25, 0.3) is 0 Å². The van der Waals surface area contributed by atoms with Crippen LogP contribution in [0.5, 0.6) is 0 Å². The molecule has 0 spiro atoms. The molecule has 3 rings (SSSR count). The molecule has 0 radical (unpaired) electrons. The molecule has 1 heterocycles. The van der Waals surface area contributed by atoms with Gasteiger partial charge in [-0.05, 0) is 17.0 Å². The van der Waals surface area contributed by atoms with Gasteiger partial charge in [0.2, 0.25) is 0 Å². The fraction of sp³-hybridized carbons (Fsp3) is 0.333. The summed E-state index contributed by atoms with van der Waals surface area (Å²) in [6.45, 7) is 1.67. The predicted octanol–water partition coefficient (Wildman–Crippen LogP) is 2.75. The van der Waals surface area contributed by atoms with Gasteiger partial charge in [0, 0.05) is 19.3 Å². The van der Waals surface area contributed by atoms with Gasteiger partial charge in [-0.1, -0.05) is 60.7 Å². The lowest BCUT2D eigenvalue weighted by Crippen LogP contribution is -2.51. The molecule has 116 valence electrons. The maximum absolute atomic E-state index is 11.4. The summed E-state index contributed by atoms with van der Waals surface area (Å²) in [5, 5.41) is 0. The average molecular weight is 315 g/mol. The van der Waals surface area contributed by atoms with E-state index in [9.17, 15) is 8.42 Å². The summed E-state index contributed by atoms with van der Waals surface area (Å²) in [5.74, 6) is 0.546. The largest absolute Gasteiger partial charge is 0.292 e. The van der Waals surface area contributed by atoms with Crippen LogP contribution in [-0.2, 0) is 9.84 Å². The second-order valence-electron chi connectivity index (χ2n) is 6.14. The fourth-order valence-corrected chi connectivity index (χ4v) is 4.31. The van der Waals surface area contributed by atoms with Gasteiger partial charge in [0.1, 0.15) is 9.84 Å². The first-order valence-electron chi connectivity index (χ1n) is 7.54. The monoisotopic (exact) mass is 315 g/mol. The first-order valence-corrected chi connectivity index (χ1v) is 9.60. The van der Waals surface area contributed by atoms with Crippen LogP contribution < -0.4 is 0 Å². The zero-order valence-electron chi connectivity index (χ0n) is 12.7. The van der Waals surface area contributed by atoms with Gasteiger partial charge in [-0.15, -0.1) is 0 Å². The van der Waals surface area contributed by atoms with Gasteiger partial charge in [0.15, 0.2) is 0 Å². The normalized spacial score (nSPS) is 16.6. The van der Waals surface area contributed by atoms with Gasteiger partial charge in [0.05, 0.1) is 11.8 Å². The summed E-state index contributed by atoms with van der Waals surface area (Å²) in [4.78, 5) is 2.36. The number of rotatable bonds is 5. The number of likely N-dealkylation sites (tertiary alicyclic amines) is 1. The van der Waals surface area contributed by atoms with Crippen molar-refractivity contribution in [2.24, 2.45) is 5.92 Å². The summed E-state index contributed by atoms with van der Waals surface area (Å²) in [7, 11) is -2.89. The summed E-state index contributed by atoms with van der Waals surface area (Å²) in [6, 6.07) is 21.0. The molecule has 0 aliphatic carbocycles. The molecule has 1 aliphatic heterocycles. The molecule has 1 saturated heterocycles. The highest BCUT2D eigenvalue weighted by molar-refractivity contribution is 7.90. The Bertz CT molecular complexity index is 668. The Labute approximate surface area is 132 Å². The third-order valence-corrected chi connectivity index (χ3v) is 5.20. The van der Waals surface area contributed by atoms with E-state index in [0.717, 1.165) is 13.1 Å². The number of hydrogen-bond acceptors (Lipinski definition) is 3. The van der Waals surface area contributed by atoms with Crippen molar-refractivity contribution in [2.45, 2.75) is 6.04 Å². The molecule has 2 aromatic carbocycles. The molecule has 3 nitrogen and oxygen atoms in total. The molecule has 0 bridgehead atoms. The van der Waals surface area contributed by atoms with Crippen LogP contribution in [-0.4, -0.2) is 38.4 Å². The van der Waals surface area contributed by atoms with E-state index in [-0.39, 0.29) is 12.0 Å². The van der Waals surface area contributed by atoms with Crippen molar-refractivity contribution in [3.05, 3.63) is 71.8 Å². The second-order valence-corrected chi connectivity index (χ2v) is 8.32. The molecule has 0 saturated carbocycles. The first kappa shape index (κ1) is 15.3. The standard InChI is InChI=1S/C18H21NO2S/c1-22(20,21)14-15-12-19(13-15)18(16-8-4-2-5-9-16)17-10-6-3-7-11-17/h2-11,15,18H,12-14H2,1H3. The third kappa shape index (κ3) is 3.57. The fourth-order valence-electron chi connectivity index (χ4n) is 3.24. The van der Waals surface area contributed by atoms with Crippen molar-refractivity contribution in [2.75, 3.05) is 25.1 Å². The number of benzene rings is 2. The minimum atomic E-state index is -2.89. The Kier molecular flexibility index (Phi) is 4.32. The number of hydrogen-bond donors (Lipinski definition) is 0. The number of nitrogens with zero attached hydrogens (tertiary/aromatic N) is 1. The van der Waals surface area contributed by atoms with E-state index in [1.54, 1.807) is 0 Å². The summed E-state index contributed by atoms with van der Waals surface area (Å²) in [6.07, 6.45) is 1.32. The topological polar surface area (TPSA) is 37.4 Å². The molecule has 0 amide bonds. The molecular formula is C18H21NO2S. The Morgan fingerprint density at radius 2 is 1.41 bits per heavy atom. The molecule has 22 heavy (non-hydrogen) atoms. The van der Waals surface area contributed by atoms with Gasteiger partial charge >= 0.3 is 0 Å². The summed E-state index contributed by atoms with van der Waals surface area (Å²) in [5.41, 5.74) is 2.51. The van der Waals surface area contributed by atoms with E-state index in [0.29, 0.717) is 5.75 Å².